The van der Waals surface area contributed by atoms with Crippen molar-refractivity contribution >= 4 is 11.9 Å². The zero-order valence-corrected chi connectivity index (χ0v) is 15.5. The van der Waals surface area contributed by atoms with Gasteiger partial charge in [0.1, 0.15) is 0 Å². The molecule has 0 bridgehead atoms. The standard InChI is InChI=1S/C17H31N5O2/c1-12(2)15(20-13-6-8-24-9-7-13)16(23)18-10-14-11-19-17(21(3)4)22(14)5/h11-13,15,20H,6-10H2,1-5H3,(H,18,23). The summed E-state index contributed by atoms with van der Waals surface area (Å²) in [5.41, 5.74) is 0.987. The Kier molecular flexibility index (Phi) is 6.62. The van der Waals surface area contributed by atoms with Crippen LogP contribution in [-0.2, 0) is 23.1 Å². The summed E-state index contributed by atoms with van der Waals surface area (Å²) in [5.74, 6) is 1.15. The van der Waals surface area contributed by atoms with Gasteiger partial charge in [0.2, 0.25) is 11.9 Å². The third-order valence-electron chi connectivity index (χ3n) is 4.49. The Hall–Kier alpha value is -1.60. The van der Waals surface area contributed by atoms with Crippen LogP contribution in [0.3, 0.4) is 0 Å². The zero-order chi connectivity index (χ0) is 17.7. The molecule has 2 rings (SSSR count). The van der Waals surface area contributed by atoms with Crippen molar-refractivity contribution < 1.29 is 9.53 Å². The molecule has 1 aromatic heterocycles. The second-order valence-electron chi connectivity index (χ2n) is 7.00. The third-order valence-corrected chi connectivity index (χ3v) is 4.49. The quantitative estimate of drug-likeness (QED) is 0.773. The second-order valence-corrected chi connectivity index (χ2v) is 7.00. The summed E-state index contributed by atoms with van der Waals surface area (Å²) in [4.78, 5) is 19.0. The van der Waals surface area contributed by atoms with E-state index in [1.807, 2.05) is 36.8 Å². The first-order valence-electron chi connectivity index (χ1n) is 8.69. The van der Waals surface area contributed by atoms with E-state index in [0.717, 1.165) is 37.7 Å². The Labute approximate surface area is 144 Å². The summed E-state index contributed by atoms with van der Waals surface area (Å²) >= 11 is 0. The number of nitrogens with one attached hydrogen (secondary N) is 2. The average molecular weight is 337 g/mol. The summed E-state index contributed by atoms with van der Waals surface area (Å²) in [6, 6.07) is 0.170. The topological polar surface area (TPSA) is 71.4 Å². The predicted molar refractivity (Wildman–Crippen MR) is 95.0 cm³/mol. The predicted octanol–water partition coefficient (Wildman–Crippen LogP) is 0.896. The van der Waals surface area contributed by atoms with E-state index in [9.17, 15) is 4.79 Å². The SMILES string of the molecule is CC(C)C(NC1CCOCC1)C(=O)NCc1cnc(N(C)C)n1C. The van der Waals surface area contributed by atoms with Crippen LogP contribution in [0.15, 0.2) is 6.20 Å². The number of aromatic nitrogens is 2. The van der Waals surface area contributed by atoms with Crippen LogP contribution < -0.4 is 15.5 Å². The second kappa shape index (κ2) is 8.48. The van der Waals surface area contributed by atoms with Crippen molar-refractivity contribution in [3.05, 3.63) is 11.9 Å². The van der Waals surface area contributed by atoms with Gasteiger partial charge in [-0.05, 0) is 18.8 Å². The fraction of sp³-hybridized carbons (Fsp3) is 0.765. The molecule has 1 atom stereocenters. The van der Waals surface area contributed by atoms with Gasteiger partial charge in [-0.2, -0.15) is 0 Å². The fourth-order valence-electron chi connectivity index (χ4n) is 2.99. The minimum atomic E-state index is -0.186. The van der Waals surface area contributed by atoms with Crippen LogP contribution in [0.4, 0.5) is 5.95 Å². The van der Waals surface area contributed by atoms with Crippen LogP contribution in [0, 0.1) is 5.92 Å². The van der Waals surface area contributed by atoms with Gasteiger partial charge in [-0.3, -0.25) is 4.79 Å². The lowest BCUT2D eigenvalue weighted by Crippen LogP contribution is -2.52. The molecule has 24 heavy (non-hydrogen) atoms. The molecule has 1 aromatic rings. The minimum absolute atomic E-state index is 0.0455. The molecule has 1 amide bonds. The molecule has 136 valence electrons. The lowest BCUT2D eigenvalue weighted by Gasteiger charge is -2.30. The number of imidazole rings is 1. The maximum absolute atomic E-state index is 12.6. The van der Waals surface area contributed by atoms with Gasteiger partial charge in [0, 0.05) is 40.4 Å². The highest BCUT2D eigenvalue weighted by Gasteiger charge is 2.26. The van der Waals surface area contributed by atoms with E-state index in [-0.39, 0.29) is 17.9 Å². The largest absolute Gasteiger partial charge is 0.381 e. The van der Waals surface area contributed by atoms with Crippen molar-refractivity contribution in [2.24, 2.45) is 13.0 Å². The van der Waals surface area contributed by atoms with E-state index >= 15 is 0 Å². The van der Waals surface area contributed by atoms with E-state index in [0.29, 0.717) is 12.6 Å². The summed E-state index contributed by atoms with van der Waals surface area (Å²) in [6.45, 7) is 6.17. The molecule has 0 radical (unpaired) electrons. The Bertz CT molecular complexity index is 535. The minimum Gasteiger partial charge on any atom is -0.381 e. The van der Waals surface area contributed by atoms with E-state index in [2.05, 4.69) is 29.5 Å². The molecule has 0 aliphatic carbocycles. The third kappa shape index (κ3) is 4.70. The summed E-state index contributed by atoms with van der Waals surface area (Å²) in [7, 11) is 5.87. The first-order chi connectivity index (χ1) is 11.4. The monoisotopic (exact) mass is 337 g/mol. The van der Waals surface area contributed by atoms with Gasteiger partial charge < -0.3 is 24.8 Å². The molecule has 1 aliphatic heterocycles. The number of anilines is 1. The number of carbonyl (C=O) groups is 1. The van der Waals surface area contributed by atoms with Crippen LogP contribution in [0.25, 0.3) is 0 Å². The Balaban J connectivity index is 1.93. The van der Waals surface area contributed by atoms with E-state index in [4.69, 9.17) is 4.74 Å². The van der Waals surface area contributed by atoms with Crippen LogP contribution in [0.1, 0.15) is 32.4 Å². The van der Waals surface area contributed by atoms with Gasteiger partial charge in [0.05, 0.1) is 24.5 Å². The number of ether oxygens (including phenoxy) is 1. The normalized spacial score (nSPS) is 17.1. The van der Waals surface area contributed by atoms with Crippen molar-refractivity contribution in [1.29, 1.82) is 0 Å². The van der Waals surface area contributed by atoms with Crippen LogP contribution in [0.2, 0.25) is 0 Å². The molecular weight excluding hydrogens is 306 g/mol. The number of hydrogen-bond acceptors (Lipinski definition) is 5. The van der Waals surface area contributed by atoms with Crippen molar-refractivity contribution in [3.63, 3.8) is 0 Å². The molecule has 1 saturated heterocycles. The highest BCUT2D eigenvalue weighted by Crippen LogP contribution is 2.13. The Morgan fingerprint density at radius 3 is 2.62 bits per heavy atom. The van der Waals surface area contributed by atoms with Gasteiger partial charge >= 0.3 is 0 Å². The number of rotatable bonds is 7. The molecule has 7 nitrogen and oxygen atoms in total. The van der Waals surface area contributed by atoms with Crippen molar-refractivity contribution in [2.45, 2.75) is 45.3 Å². The zero-order valence-electron chi connectivity index (χ0n) is 15.5. The van der Waals surface area contributed by atoms with Gasteiger partial charge in [0.15, 0.2) is 0 Å². The molecule has 1 fully saturated rings. The number of carbonyl (C=O) groups excluding carboxylic acids is 1. The van der Waals surface area contributed by atoms with Crippen molar-refractivity contribution in [2.75, 3.05) is 32.2 Å². The highest BCUT2D eigenvalue weighted by molar-refractivity contribution is 5.82. The van der Waals surface area contributed by atoms with Gasteiger partial charge in [0.25, 0.3) is 0 Å². The van der Waals surface area contributed by atoms with E-state index in [1.54, 1.807) is 0 Å². The number of nitrogens with zero attached hydrogens (tertiary/aromatic N) is 3. The smallest absolute Gasteiger partial charge is 0.237 e. The lowest BCUT2D eigenvalue weighted by molar-refractivity contribution is -0.124. The summed E-state index contributed by atoms with van der Waals surface area (Å²) < 4.78 is 7.38. The molecule has 0 saturated carbocycles. The maximum atomic E-state index is 12.6. The van der Waals surface area contributed by atoms with Crippen LogP contribution in [0.5, 0.6) is 0 Å². The molecule has 0 spiro atoms. The molecule has 2 N–H and O–H groups in total. The Morgan fingerprint density at radius 2 is 2.08 bits per heavy atom. The average Bonchev–Trinajstić information content (AvgIpc) is 2.92. The molecule has 2 heterocycles. The van der Waals surface area contributed by atoms with E-state index < -0.39 is 0 Å². The molecular formula is C17H31N5O2. The van der Waals surface area contributed by atoms with Gasteiger partial charge in [-0.15, -0.1) is 0 Å². The van der Waals surface area contributed by atoms with Gasteiger partial charge in [-0.1, -0.05) is 13.8 Å². The van der Waals surface area contributed by atoms with E-state index in [1.165, 1.54) is 0 Å². The van der Waals surface area contributed by atoms with Crippen molar-refractivity contribution in [3.8, 4) is 0 Å². The summed E-state index contributed by atoms with van der Waals surface area (Å²) in [6.07, 6.45) is 3.74. The molecule has 1 unspecified atom stereocenters. The lowest BCUT2D eigenvalue weighted by atomic mass is 10.00. The van der Waals surface area contributed by atoms with Gasteiger partial charge in [-0.25, -0.2) is 4.98 Å². The number of amides is 1. The summed E-state index contributed by atoms with van der Waals surface area (Å²) in [5, 5.41) is 6.56. The van der Waals surface area contributed by atoms with Crippen LogP contribution in [-0.4, -0.2) is 54.9 Å². The first kappa shape index (κ1) is 18.7. The number of hydrogen-bond donors (Lipinski definition) is 2. The van der Waals surface area contributed by atoms with Crippen molar-refractivity contribution in [1.82, 2.24) is 20.2 Å². The molecule has 0 aromatic carbocycles. The first-order valence-corrected chi connectivity index (χ1v) is 8.69. The van der Waals surface area contributed by atoms with Crippen LogP contribution >= 0.6 is 0 Å². The maximum Gasteiger partial charge on any atom is 0.237 e. The highest BCUT2D eigenvalue weighted by atomic mass is 16.5. The molecule has 1 aliphatic rings. The fourth-order valence-corrected chi connectivity index (χ4v) is 2.99. The molecule has 7 heteroatoms. The Morgan fingerprint density at radius 1 is 1.42 bits per heavy atom.